The molecule has 0 spiro atoms. The Balaban J connectivity index is 1.58. The molecule has 158 valence electrons. The highest BCUT2D eigenvalue weighted by molar-refractivity contribution is 7.10. The molecule has 1 aromatic heterocycles. The number of halogens is 1. The number of nitrogens with one attached hydrogen (secondary N) is 2. The van der Waals surface area contributed by atoms with Gasteiger partial charge in [0.25, 0.3) is 0 Å². The first-order valence-electron chi connectivity index (χ1n) is 9.79. The second-order valence-corrected chi connectivity index (χ2v) is 8.21. The predicted molar refractivity (Wildman–Crippen MR) is 120 cm³/mol. The van der Waals surface area contributed by atoms with Gasteiger partial charge in [-0.3, -0.25) is 9.89 Å². The van der Waals surface area contributed by atoms with E-state index in [1.165, 1.54) is 4.88 Å². The molecule has 2 aromatic rings. The van der Waals surface area contributed by atoms with E-state index in [2.05, 4.69) is 38.0 Å². The number of guanidine groups is 1. The second-order valence-electron chi connectivity index (χ2n) is 6.79. The van der Waals surface area contributed by atoms with Crippen molar-refractivity contribution in [3.63, 3.8) is 0 Å². The monoisotopic (exact) mass is 436 g/mol. The number of rotatable bonds is 8. The molecular weight excluding hydrogens is 408 g/mol. The molecule has 2 heterocycles. The zero-order valence-electron chi connectivity index (χ0n) is 16.9. The predicted octanol–water partition coefficient (Wildman–Crippen LogP) is 3.33. The summed E-state index contributed by atoms with van der Waals surface area (Å²) >= 11 is 7.91. The standard InChI is InChI=1S/C21H29ClN4O2S/c1-23-21(25-15-19(27-2)16-5-3-6-17(22)13-16)24-14-18(20-7-4-12-29-20)26-8-10-28-11-9-26/h3-7,12-13,18-19H,8-11,14-15H2,1-2H3,(H2,23,24,25). The number of aliphatic imine (C=N–C) groups is 1. The Morgan fingerprint density at radius 3 is 2.69 bits per heavy atom. The van der Waals surface area contributed by atoms with Gasteiger partial charge in [-0.2, -0.15) is 0 Å². The molecule has 1 saturated heterocycles. The van der Waals surface area contributed by atoms with Crippen LogP contribution in [0.4, 0.5) is 0 Å². The number of hydrogen-bond donors (Lipinski definition) is 2. The third-order valence-electron chi connectivity index (χ3n) is 5.00. The molecule has 1 aliphatic rings. The van der Waals surface area contributed by atoms with Crippen LogP contribution in [0, 0.1) is 0 Å². The van der Waals surface area contributed by atoms with Crippen LogP contribution in [0.5, 0.6) is 0 Å². The van der Waals surface area contributed by atoms with Crippen LogP contribution in [-0.2, 0) is 9.47 Å². The Hall–Kier alpha value is -1.64. The van der Waals surface area contributed by atoms with Crippen molar-refractivity contribution in [1.82, 2.24) is 15.5 Å². The maximum Gasteiger partial charge on any atom is 0.191 e. The van der Waals surface area contributed by atoms with Gasteiger partial charge >= 0.3 is 0 Å². The minimum Gasteiger partial charge on any atom is -0.379 e. The number of hydrogen-bond acceptors (Lipinski definition) is 5. The van der Waals surface area contributed by atoms with E-state index in [0.29, 0.717) is 17.6 Å². The van der Waals surface area contributed by atoms with Gasteiger partial charge in [0.05, 0.1) is 25.4 Å². The highest BCUT2D eigenvalue weighted by Gasteiger charge is 2.23. The lowest BCUT2D eigenvalue weighted by Crippen LogP contribution is -2.46. The molecule has 0 aliphatic carbocycles. The lowest BCUT2D eigenvalue weighted by molar-refractivity contribution is 0.0177. The van der Waals surface area contributed by atoms with Crippen LogP contribution in [0.15, 0.2) is 46.8 Å². The fraction of sp³-hybridized carbons (Fsp3) is 0.476. The zero-order valence-corrected chi connectivity index (χ0v) is 18.5. The molecule has 0 bridgehead atoms. The number of methoxy groups -OCH3 is 1. The molecule has 29 heavy (non-hydrogen) atoms. The van der Waals surface area contributed by atoms with Gasteiger partial charge in [0.1, 0.15) is 0 Å². The van der Waals surface area contributed by atoms with Crippen LogP contribution in [0.3, 0.4) is 0 Å². The summed E-state index contributed by atoms with van der Waals surface area (Å²) in [6.45, 7) is 4.81. The number of ether oxygens (including phenoxy) is 2. The van der Waals surface area contributed by atoms with Gasteiger partial charge in [-0.05, 0) is 29.1 Å². The van der Waals surface area contributed by atoms with Crippen LogP contribution >= 0.6 is 22.9 Å². The summed E-state index contributed by atoms with van der Waals surface area (Å²) < 4.78 is 11.2. The average molecular weight is 437 g/mol. The Labute approximate surface area is 181 Å². The van der Waals surface area contributed by atoms with E-state index < -0.39 is 0 Å². The maximum absolute atomic E-state index is 6.12. The van der Waals surface area contributed by atoms with Gasteiger partial charge in [-0.15, -0.1) is 11.3 Å². The zero-order chi connectivity index (χ0) is 20.5. The number of morpholine rings is 1. The van der Waals surface area contributed by atoms with Crippen molar-refractivity contribution < 1.29 is 9.47 Å². The van der Waals surface area contributed by atoms with E-state index >= 15 is 0 Å². The van der Waals surface area contributed by atoms with E-state index in [4.69, 9.17) is 21.1 Å². The third kappa shape index (κ3) is 6.42. The smallest absolute Gasteiger partial charge is 0.191 e. The van der Waals surface area contributed by atoms with E-state index in [9.17, 15) is 0 Å². The summed E-state index contributed by atoms with van der Waals surface area (Å²) in [5.74, 6) is 0.754. The first kappa shape index (κ1) is 22.1. The second kappa shape index (κ2) is 11.5. The SMILES string of the molecule is CN=C(NCC(OC)c1cccc(Cl)c1)NCC(c1cccs1)N1CCOCC1. The molecule has 0 saturated carbocycles. The maximum atomic E-state index is 6.12. The van der Waals surface area contributed by atoms with Gasteiger partial charge in [0.15, 0.2) is 5.96 Å². The third-order valence-corrected chi connectivity index (χ3v) is 6.21. The van der Waals surface area contributed by atoms with Gasteiger partial charge in [0.2, 0.25) is 0 Å². The van der Waals surface area contributed by atoms with Crippen LogP contribution in [-0.4, -0.2) is 64.4 Å². The van der Waals surface area contributed by atoms with E-state index in [1.807, 2.05) is 24.3 Å². The first-order valence-corrected chi connectivity index (χ1v) is 11.0. The summed E-state index contributed by atoms with van der Waals surface area (Å²) in [5.41, 5.74) is 1.03. The van der Waals surface area contributed by atoms with Crippen LogP contribution in [0.1, 0.15) is 22.6 Å². The summed E-state index contributed by atoms with van der Waals surface area (Å²) in [6.07, 6.45) is -0.111. The fourth-order valence-electron chi connectivity index (χ4n) is 3.43. The topological polar surface area (TPSA) is 58.1 Å². The van der Waals surface area contributed by atoms with Gasteiger partial charge < -0.3 is 20.1 Å². The van der Waals surface area contributed by atoms with Crippen molar-refractivity contribution >= 4 is 28.9 Å². The molecule has 2 atom stereocenters. The molecule has 0 amide bonds. The highest BCUT2D eigenvalue weighted by Crippen LogP contribution is 2.25. The van der Waals surface area contributed by atoms with Gasteiger partial charge in [0, 0.05) is 50.2 Å². The van der Waals surface area contributed by atoms with Crippen molar-refractivity contribution in [2.75, 3.05) is 53.6 Å². The van der Waals surface area contributed by atoms with Crippen molar-refractivity contribution in [3.8, 4) is 0 Å². The molecule has 8 heteroatoms. The molecule has 3 rings (SSSR count). The molecule has 2 N–H and O–H groups in total. The quantitative estimate of drug-likeness (QED) is 0.491. The Morgan fingerprint density at radius 1 is 1.24 bits per heavy atom. The Kier molecular flexibility index (Phi) is 8.76. The lowest BCUT2D eigenvalue weighted by Gasteiger charge is -2.34. The fourth-order valence-corrected chi connectivity index (χ4v) is 4.49. The Bertz CT molecular complexity index is 766. The summed E-state index contributed by atoms with van der Waals surface area (Å²) in [6, 6.07) is 12.3. The van der Waals surface area contributed by atoms with Crippen molar-refractivity contribution in [3.05, 3.63) is 57.2 Å². The molecular formula is C21H29ClN4O2S. The first-order chi connectivity index (χ1) is 14.2. The molecule has 1 aromatic carbocycles. The molecule has 1 aliphatic heterocycles. The largest absolute Gasteiger partial charge is 0.379 e. The number of thiophene rings is 1. The van der Waals surface area contributed by atoms with Gasteiger partial charge in [-0.25, -0.2) is 0 Å². The van der Waals surface area contributed by atoms with Crippen molar-refractivity contribution in [1.29, 1.82) is 0 Å². The van der Waals surface area contributed by atoms with Crippen LogP contribution in [0.2, 0.25) is 5.02 Å². The summed E-state index contributed by atoms with van der Waals surface area (Å²) in [7, 11) is 3.49. The average Bonchev–Trinajstić information content (AvgIpc) is 3.28. The molecule has 1 fully saturated rings. The van der Waals surface area contributed by atoms with Crippen LogP contribution in [0.25, 0.3) is 0 Å². The van der Waals surface area contributed by atoms with Crippen molar-refractivity contribution in [2.24, 2.45) is 4.99 Å². The lowest BCUT2D eigenvalue weighted by atomic mass is 10.1. The van der Waals surface area contributed by atoms with Crippen LogP contribution < -0.4 is 10.6 Å². The number of nitrogens with zero attached hydrogens (tertiary/aromatic N) is 2. The van der Waals surface area contributed by atoms with E-state index in [-0.39, 0.29) is 6.10 Å². The van der Waals surface area contributed by atoms with Gasteiger partial charge in [-0.1, -0.05) is 29.8 Å². The highest BCUT2D eigenvalue weighted by atomic mass is 35.5. The van der Waals surface area contributed by atoms with E-state index in [0.717, 1.165) is 44.4 Å². The molecule has 2 unspecified atom stereocenters. The Morgan fingerprint density at radius 2 is 2.03 bits per heavy atom. The number of benzene rings is 1. The molecule has 6 nitrogen and oxygen atoms in total. The summed E-state index contributed by atoms with van der Waals surface area (Å²) in [5, 5.41) is 9.69. The minimum atomic E-state index is -0.111. The normalized spacial score (nSPS) is 17.7. The van der Waals surface area contributed by atoms with E-state index in [1.54, 1.807) is 25.5 Å². The minimum absolute atomic E-state index is 0.111. The molecule has 0 radical (unpaired) electrons. The van der Waals surface area contributed by atoms with Crippen molar-refractivity contribution in [2.45, 2.75) is 12.1 Å². The summed E-state index contributed by atoms with van der Waals surface area (Å²) in [4.78, 5) is 8.20.